The number of halogens is 1. The Hall–Kier alpha value is -1.11. The average Bonchev–Trinajstić information content (AvgIpc) is 2.41. The predicted molar refractivity (Wildman–Crippen MR) is 70.2 cm³/mol. The van der Waals surface area contributed by atoms with E-state index in [1.165, 1.54) is 0 Å². The van der Waals surface area contributed by atoms with Crippen molar-refractivity contribution in [2.45, 2.75) is 13.0 Å². The Kier molecular flexibility index (Phi) is 4.57. The lowest BCUT2D eigenvalue weighted by atomic mass is 10.3. The van der Waals surface area contributed by atoms with E-state index in [-0.39, 0.29) is 12.7 Å². The van der Waals surface area contributed by atoms with Crippen molar-refractivity contribution in [3.63, 3.8) is 0 Å². The highest BCUT2D eigenvalue weighted by atomic mass is 35.5. The number of aliphatic hydroxyl groups is 1. The van der Waals surface area contributed by atoms with Gasteiger partial charge in [0, 0.05) is 19.6 Å². The van der Waals surface area contributed by atoms with Gasteiger partial charge in [-0.25, -0.2) is 4.98 Å². The van der Waals surface area contributed by atoms with E-state index < -0.39 is 0 Å². The van der Waals surface area contributed by atoms with Crippen LogP contribution in [-0.2, 0) is 4.74 Å². The Balaban J connectivity index is 2.17. The third-order valence-electron chi connectivity index (χ3n) is 2.70. The van der Waals surface area contributed by atoms with Gasteiger partial charge in [-0.15, -0.1) is 0 Å². The molecule has 0 bridgehead atoms. The van der Waals surface area contributed by atoms with E-state index in [1.54, 1.807) is 6.20 Å². The van der Waals surface area contributed by atoms with Gasteiger partial charge in [-0.1, -0.05) is 11.6 Å². The molecule has 6 nitrogen and oxygen atoms in total. The van der Waals surface area contributed by atoms with Crippen LogP contribution in [0.2, 0.25) is 5.02 Å². The van der Waals surface area contributed by atoms with E-state index in [4.69, 9.17) is 21.4 Å². The van der Waals surface area contributed by atoms with Gasteiger partial charge in [-0.05, 0) is 6.92 Å². The van der Waals surface area contributed by atoms with Crippen LogP contribution in [0.1, 0.15) is 6.92 Å². The molecule has 1 atom stereocenters. The third kappa shape index (κ3) is 3.01. The maximum Gasteiger partial charge on any atom is 0.224 e. The van der Waals surface area contributed by atoms with Gasteiger partial charge < -0.3 is 20.1 Å². The molecule has 18 heavy (non-hydrogen) atoms. The smallest absolute Gasteiger partial charge is 0.224 e. The zero-order valence-corrected chi connectivity index (χ0v) is 11.0. The van der Waals surface area contributed by atoms with Crippen molar-refractivity contribution in [2.24, 2.45) is 0 Å². The summed E-state index contributed by atoms with van der Waals surface area (Å²) in [7, 11) is 0. The molecule has 2 N–H and O–H groups in total. The number of nitrogens with zero attached hydrogens (tertiary/aromatic N) is 3. The fourth-order valence-corrected chi connectivity index (χ4v) is 2.06. The number of hydrogen-bond donors (Lipinski definition) is 2. The minimum Gasteiger partial charge on any atom is -0.394 e. The first-order valence-corrected chi connectivity index (χ1v) is 6.36. The molecule has 0 saturated carbocycles. The van der Waals surface area contributed by atoms with Crippen LogP contribution in [0.4, 0.5) is 11.8 Å². The van der Waals surface area contributed by atoms with Gasteiger partial charge in [0.25, 0.3) is 0 Å². The Morgan fingerprint density at radius 2 is 2.50 bits per heavy atom. The molecule has 0 radical (unpaired) electrons. The zero-order chi connectivity index (χ0) is 13.0. The standard InChI is InChI=1S/C11H17ClN4O2/c1-2-13-11-14-5-9(12)10(15-11)16-3-4-18-8(6-16)7-17/h5,8,17H,2-4,6-7H2,1H3,(H,13,14,15). The lowest BCUT2D eigenvalue weighted by Crippen LogP contribution is -2.44. The molecule has 1 fully saturated rings. The molecule has 0 aliphatic carbocycles. The maximum atomic E-state index is 9.13. The number of aromatic nitrogens is 2. The van der Waals surface area contributed by atoms with Crippen LogP contribution in [-0.4, -0.2) is 54.0 Å². The Morgan fingerprint density at radius 3 is 3.22 bits per heavy atom. The Morgan fingerprint density at radius 1 is 1.67 bits per heavy atom. The quantitative estimate of drug-likeness (QED) is 0.843. The second kappa shape index (κ2) is 6.17. The van der Waals surface area contributed by atoms with Crippen molar-refractivity contribution in [2.75, 3.05) is 43.1 Å². The first-order chi connectivity index (χ1) is 8.74. The fourth-order valence-electron chi connectivity index (χ4n) is 1.85. The summed E-state index contributed by atoms with van der Waals surface area (Å²) in [5, 5.41) is 12.7. The van der Waals surface area contributed by atoms with Crippen LogP contribution in [0, 0.1) is 0 Å². The predicted octanol–water partition coefficient (Wildman–Crippen LogP) is 0.759. The minimum absolute atomic E-state index is 0.000724. The summed E-state index contributed by atoms with van der Waals surface area (Å²) >= 11 is 6.12. The van der Waals surface area contributed by atoms with Crippen LogP contribution in [0.3, 0.4) is 0 Å². The molecule has 0 aromatic carbocycles. The van der Waals surface area contributed by atoms with Crippen LogP contribution < -0.4 is 10.2 Å². The first-order valence-electron chi connectivity index (χ1n) is 5.98. The molecular weight excluding hydrogens is 256 g/mol. The summed E-state index contributed by atoms with van der Waals surface area (Å²) < 4.78 is 5.40. The fraction of sp³-hybridized carbons (Fsp3) is 0.636. The number of rotatable bonds is 4. The Labute approximate surface area is 111 Å². The van der Waals surface area contributed by atoms with Crippen LogP contribution >= 0.6 is 11.6 Å². The molecule has 100 valence electrons. The van der Waals surface area contributed by atoms with Gasteiger partial charge >= 0.3 is 0 Å². The van der Waals surface area contributed by atoms with Gasteiger partial charge in [0.15, 0.2) is 5.82 Å². The van der Waals surface area contributed by atoms with Crippen molar-refractivity contribution in [3.05, 3.63) is 11.2 Å². The largest absolute Gasteiger partial charge is 0.394 e. The monoisotopic (exact) mass is 272 g/mol. The zero-order valence-electron chi connectivity index (χ0n) is 10.3. The SMILES string of the molecule is CCNc1ncc(Cl)c(N2CCOC(CO)C2)n1. The molecule has 1 aliphatic rings. The minimum atomic E-state index is -0.188. The van der Waals surface area contributed by atoms with Crippen molar-refractivity contribution in [1.29, 1.82) is 0 Å². The van der Waals surface area contributed by atoms with Crippen molar-refractivity contribution in [3.8, 4) is 0 Å². The van der Waals surface area contributed by atoms with Crippen LogP contribution in [0.15, 0.2) is 6.20 Å². The van der Waals surface area contributed by atoms with Crippen LogP contribution in [0.5, 0.6) is 0 Å². The van der Waals surface area contributed by atoms with E-state index in [0.717, 1.165) is 6.54 Å². The van der Waals surface area contributed by atoms with Crippen molar-refractivity contribution < 1.29 is 9.84 Å². The van der Waals surface area contributed by atoms with Crippen molar-refractivity contribution in [1.82, 2.24) is 9.97 Å². The highest BCUT2D eigenvalue weighted by Gasteiger charge is 2.23. The topological polar surface area (TPSA) is 70.5 Å². The summed E-state index contributed by atoms with van der Waals surface area (Å²) in [4.78, 5) is 10.5. The van der Waals surface area contributed by atoms with Crippen LogP contribution in [0.25, 0.3) is 0 Å². The van der Waals surface area contributed by atoms with Gasteiger partial charge in [0.05, 0.1) is 25.5 Å². The summed E-state index contributed by atoms with van der Waals surface area (Å²) in [6.45, 7) is 4.58. The normalized spacial score (nSPS) is 19.9. The van der Waals surface area contributed by atoms with E-state index >= 15 is 0 Å². The van der Waals surface area contributed by atoms with E-state index in [2.05, 4.69) is 15.3 Å². The molecule has 0 spiro atoms. The lowest BCUT2D eigenvalue weighted by molar-refractivity contribution is 0.00337. The summed E-state index contributed by atoms with van der Waals surface area (Å²) in [5.74, 6) is 1.24. The first kappa shape index (κ1) is 13.3. The van der Waals surface area contributed by atoms with Gasteiger partial charge in [0.2, 0.25) is 5.95 Å². The maximum absolute atomic E-state index is 9.13. The molecule has 1 aromatic heterocycles. The molecule has 1 unspecified atom stereocenters. The number of morpholine rings is 1. The highest BCUT2D eigenvalue weighted by molar-refractivity contribution is 6.32. The summed E-state index contributed by atoms with van der Waals surface area (Å²) in [6, 6.07) is 0. The summed E-state index contributed by atoms with van der Waals surface area (Å²) in [5.41, 5.74) is 0. The molecular formula is C11H17ClN4O2. The molecule has 2 heterocycles. The van der Waals surface area contributed by atoms with Gasteiger partial charge in [-0.3, -0.25) is 0 Å². The molecule has 2 rings (SSSR count). The van der Waals surface area contributed by atoms with Gasteiger partial charge in [-0.2, -0.15) is 4.98 Å². The molecule has 0 amide bonds. The number of nitrogens with one attached hydrogen (secondary N) is 1. The molecule has 1 aromatic rings. The summed E-state index contributed by atoms with van der Waals surface area (Å²) in [6.07, 6.45) is 1.40. The number of hydrogen-bond acceptors (Lipinski definition) is 6. The number of ether oxygens (including phenoxy) is 1. The number of aliphatic hydroxyl groups excluding tert-OH is 1. The number of anilines is 2. The second-order valence-corrected chi connectivity index (χ2v) is 4.42. The van der Waals surface area contributed by atoms with Gasteiger partial charge in [0.1, 0.15) is 5.02 Å². The Bertz CT molecular complexity index is 405. The molecule has 1 saturated heterocycles. The van der Waals surface area contributed by atoms with E-state index in [9.17, 15) is 0 Å². The lowest BCUT2D eigenvalue weighted by Gasteiger charge is -2.33. The molecule has 7 heteroatoms. The second-order valence-electron chi connectivity index (χ2n) is 4.02. The average molecular weight is 273 g/mol. The van der Waals surface area contributed by atoms with E-state index in [1.807, 2.05) is 11.8 Å². The highest BCUT2D eigenvalue weighted by Crippen LogP contribution is 2.25. The third-order valence-corrected chi connectivity index (χ3v) is 2.97. The molecule has 1 aliphatic heterocycles. The van der Waals surface area contributed by atoms with E-state index in [0.29, 0.717) is 36.5 Å². The van der Waals surface area contributed by atoms with Crippen molar-refractivity contribution >= 4 is 23.4 Å².